The molecule has 0 aliphatic rings. The molecule has 1 atom stereocenters. The van der Waals surface area contributed by atoms with Gasteiger partial charge in [0.05, 0.1) is 5.56 Å². The third kappa shape index (κ3) is 2.99. The van der Waals surface area contributed by atoms with Gasteiger partial charge in [0.2, 0.25) is 0 Å². The summed E-state index contributed by atoms with van der Waals surface area (Å²) >= 11 is 0. The molecule has 3 heteroatoms. The summed E-state index contributed by atoms with van der Waals surface area (Å²) in [6.45, 7) is 5.70. The van der Waals surface area contributed by atoms with E-state index in [1.165, 1.54) is 0 Å². The molecule has 1 unspecified atom stereocenters. The predicted octanol–water partition coefficient (Wildman–Crippen LogP) is 3.80. The molecule has 0 aromatic heterocycles. The van der Waals surface area contributed by atoms with Gasteiger partial charge in [0.15, 0.2) is 0 Å². The highest BCUT2D eigenvalue weighted by Gasteiger charge is 2.17. The van der Waals surface area contributed by atoms with E-state index in [-0.39, 0.29) is 12.1 Å². The molecule has 2 rings (SSSR count). The first kappa shape index (κ1) is 14.1. The minimum atomic E-state index is -0.339. The molecule has 0 bridgehead atoms. The van der Waals surface area contributed by atoms with Crippen molar-refractivity contribution in [3.63, 3.8) is 0 Å². The zero-order valence-corrected chi connectivity index (χ0v) is 12.0. The summed E-state index contributed by atoms with van der Waals surface area (Å²) in [6, 6.07) is 13.2. The van der Waals surface area contributed by atoms with Crippen LogP contribution >= 0.6 is 0 Å². The maximum absolute atomic E-state index is 12.3. The van der Waals surface area contributed by atoms with Gasteiger partial charge in [0.1, 0.15) is 6.10 Å². The number of esters is 1. The molecule has 0 amide bonds. The third-order valence-electron chi connectivity index (χ3n) is 3.46. The van der Waals surface area contributed by atoms with Crippen molar-refractivity contribution in [2.75, 3.05) is 5.73 Å². The van der Waals surface area contributed by atoms with E-state index >= 15 is 0 Å². The van der Waals surface area contributed by atoms with Crippen LogP contribution in [0.15, 0.2) is 42.5 Å². The fourth-order valence-electron chi connectivity index (χ4n) is 2.12. The van der Waals surface area contributed by atoms with Crippen LogP contribution in [0.25, 0.3) is 0 Å². The van der Waals surface area contributed by atoms with Crippen molar-refractivity contribution in [1.82, 2.24) is 0 Å². The lowest BCUT2D eigenvalue weighted by atomic mass is 10.0. The zero-order chi connectivity index (χ0) is 14.7. The molecule has 0 saturated heterocycles. The normalized spacial score (nSPS) is 11.9. The number of aryl methyl sites for hydroxylation is 1. The molecular formula is C17H19NO2. The lowest BCUT2D eigenvalue weighted by Gasteiger charge is -2.15. The summed E-state index contributed by atoms with van der Waals surface area (Å²) < 4.78 is 5.52. The number of nitrogens with two attached hydrogens (primary N) is 1. The monoisotopic (exact) mass is 269 g/mol. The Bertz CT molecular complexity index is 620. The number of hydrogen-bond acceptors (Lipinski definition) is 3. The fourth-order valence-corrected chi connectivity index (χ4v) is 2.12. The van der Waals surface area contributed by atoms with E-state index in [4.69, 9.17) is 10.5 Å². The summed E-state index contributed by atoms with van der Waals surface area (Å²) in [5.41, 5.74) is 9.78. The zero-order valence-electron chi connectivity index (χ0n) is 12.0. The average Bonchev–Trinajstić information content (AvgIpc) is 2.43. The maximum Gasteiger partial charge on any atom is 0.339 e. The predicted molar refractivity (Wildman–Crippen MR) is 80.6 cm³/mol. The number of carbonyl (C=O) groups excluding carboxylic acids is 1. The quantitative estimate of drug-likeness (QED) is 0.681. The van der Waals surface area contributed by atoms with Crippen molar-refractivity contribution in [2.24, 2.45) is 0 Å². The highest BCUT2D eigenvalue weighted by atomic mass is 16.5. The van der Waals surface area contributed by atoms with Gasteiger partial charge in [-0.1, -0.05) is 30.3 Å². The van der Waals surface area contributed by atoms with Crippen molar-refractivity contribution in [3.05, 3.63) is 64.7 Å². The number of anilines is 1. The van der Waals surface area contributed by atoms with E-state index in [1.807, 2.05) is 57.2 Å². The van der Waals surface area contributed by atoms with Gasteiger partial charge in [-0.3, -0.25) is 0 Å². The number of rotatable bonds is 3. The van der Waals surface area contributed by atoms with Gasteiger partial charge in [-0.2, -0.15) is 0 Å². The van der Waals surface area contributed by atoms with Crippen molar-refractivity contribution in [3.8, 4) is 0 Å². The first-order valence-corrected chi connectivity index (χ1v) is 6.61. The van der Waals surface area contributed by atoms with Crippen LogP contribution < -0.4 is 5.73 Å². The summed E-state index contributed by atoms with van der Waals surface area (Å²) in [7, 11) is 0. The molecule has 0 heterocycles. The topological polar surface area (TPSA) is 52.3 Å². The van der Waals surface area contributed by atoms with Crippen LogP contribution in [0, 0.1) is 13.8 Å². The second-order valence-electron chi connectivity index (χ2n) is 4.97. The molecule has 0 aliphatic carbocycles. The minimum Gasteiger partial charge on any atom is -0.454 e. The Balaban J connectivity index is 2.21. The van der Waals surface area contributed by atoms with Gasteiger partial charge in [0, 0.05) is 5.69 Å². The van der Waals surface area contributed by atoms with E-state index in [0.717, 1.165) is 16.7 Å². The Labute approximate surface area is 119 Å². The first-order valence-electron chi connectivity index (χ1n) is 6.61. The Hall–Kier alpha value is -2.29. The van der Waals surface area contributed by atoms with Crippen LogP contribution in [0.2, 0.25) is 0 Å². The second-order valence-corrected chi connectivity index (χ2v) is 4.97. The van der Waals surface area contributed by atoms with E-state index in [2.05, 4.69) is 0 Å². The Morgan fingerprint density at radius 1 is 1.15 bits per heavy atom. The Morgan fingerprint density at radius 3 is 2.45 bits per heavy atom. The van der Waals surface area contributed by atoms with Crippen molar-refractivity contribution in [1.29, 1.82) is 0 Å². The number of hydrogen-bond donors (Lipinski definition) is 1. The van der Waals surface area contributed by atoms with Crippen LogP contribution in [0.4, 0.5) is 5.69 Å². The molecule has 0 aliphatic heterocycles. The van der Waals surface area contributed by atoms with E-state index in [0.29, 0.717) is 11.3 Å². The lowest BCUT2D eigenvalue weighted by molar-refractivity contribution is 0.0337. The summed E-state index contributed by atoms with van der Waals surface area (Å²) in [5.74, 6) is -0.339. The molecule has 2 aromatic carbocycles. The highest BCUT2D eigenvalue weighted by molar-refractivity contribution is 5.92. The van der Waals surface area contributed by atoms with E-state index < -0.39 is 0 Å². The average molecular weight is 269 g/mol. The summed E-state index contributed by atoms with van der Waals surface area (Å²) in [5, 5.41) is 0. The van der Waals surface area contributed by atoms with Gasteiger partial charge < -0.3 is 10.5 Å². The fraction of sp³-hybridized carbons (Fsp3) is 0.235. The SMILES string of the molecule is Cc1cc(N)cc(C(=O)OC(C)c2ccccc2)c1C. The van der Waals surface area contributed by atoms with Gasteiger partial charge in [-0.25, -0.2) is 4.79 Å². The smallest absolute Gasteiger partial charge is 0.339 e. The number of carbonyl (C=O) groups is 1. The van der Waals surface area contributed by atoms with Crippen molar-refractivity contribution >= 4 is 11.7 Å². The first-order chi connectivity index (χ1) is 9.49. The molecule has 0 radical (unpaired) electrons. The molecule has 0 fully saturated rings. The van der Waals surface area contributed by atoms with Crippen LogP contribution in [0.1, 0.15) is 40.1 Å². The molecule has 3 nitrogen and oxygen atoms in total. The van der Waals surface area contributed by atoms with Gasteiger partial charge in [0.25, 0.3) is 0 Å². The number of benzene rings is 2. The van der Waals surface area contributed by atoms with Gasteiger partial charge in [-0.15, -0.1) is 0 Å². The number of nitrogen functional groups attached to an aromatic ring is 1. The molecule has 2 aromatic rings. The minimum absolute atomic E-state index is 0.287. The summed E-state index contributed by atoms with van der Waals surface area (Å²) in [6.07, 6.45) is -0.287. The molecule has 104 valence electrons. The van der Waals surface area contributed by atoms with Crippen LogP contribution in [0.5, 0.6) is 0 Å². The van der Waals surface area contributed by atoms with E-state index in [9.17, 15) is 4.79 Å². The van der Waals surface area contributed by atoms with Crippen molar-refractivity contribution in [2.45, 2.75) is 26.9 Å². The molecule has 0 saturated carbocycles. The standard InChI is InChI=1S/C17H19NO2/c1-11-9-15(18)10-16(12(11)2)17(19)20-13(3)14-7-5-4-6-8-14/h4-10,13H,18H2,1-3H3. The third-order valence-corrected chi connectivity index (χ3v) is 3.46. The Morgan fingerprint density at radius 2 is 1.80 bits per heavy atom. The van der Waals surface area contributed by atoms with Crippen LogP contribution in [-0.2, 0) is 4.74 Å². The van der Waals surface area contributed by atoms with Crippen LogP contribution in [-0.4, -0.2) is 5.97 Å². The van der Waals surface area contributed by atoms with Gasteiger partial charge in [-0.05, 0) is 49.6 Å². The lowest BCUT2D eigenvalue weighted by Crippen LogP contribution is -2.11. The largest absolute Gasteiger partial charge is 0.454 e. The molecule has 0 spiro atoms. The van der Waals surface area contributed by atoms with Gasteiger partial charge >= 0.3 is 5.97 Å². The highest BCUT2D eigenvalue weighted by Crippen LogP contribution is 2.22. The Kier molecular flexibility index (Phi) is 4.08. The molecular weight excluding hydrogens is 250 g/mol. The van der Waals surface area contributed by atoms with E-state index in [1.54, 1.807) is 6.07 Å². The maximum atomic E-state index is 12.3. The van der Waals surface area contributed by atoms with Crippen molar-refractivity contribution < 1.29 is 9.53 Å². The molecule has 2 N–H and O–H groups in total. The number of ether oxygens (including phenoxy) is 1. The molecule has 20 heavy (non-hydrogen) atoms. The second kappa shape index (κ2) is 5.78. The van der Waals surface area contributed by atoms with Crippen LogP contribution in [0.3, 0.4) is 0 Å². The summed E-state index contributed by atoms with van der Waals surface area (Å²) in [4.78, 5) is 12.3.